The van der Waals surface area contributed by atoms with Crippen molar-refractivity contribution in [2.45, 2.75) is 19.8 Å². The van der Waals surface area contributed by atoms with Gasteiger partial charge in [0.05, 0.1) is 0 Å². The molecule has 0 radical (unpaired) electrons. The Morgan fingerprint density at radius 3 is 2.57 bits per heavy atom. The Hall–Kier alpha value is -2.40. The van der Waals surface area contributed by atoms with Gasteiger partial charge in [-0.1, -0.05) is 19.1 Å². The molecule has 0 aliphatic carbocycles. The number of amides is 2. The molecule has 4 nitrogen and oxygen atoms in total. The summed E-state index contributed by atoms with van der Waals surface area (Å²) in [6.07, 6.45) is 3.27. The summed E-state index contributed by atoms with van der Waals surface area (Å²) in [5.74, 6) is 0.0842. The largest absolute Gasteiger partial charge is 0.352 e. The lowest BCUT2D eigenvalue weighted by molar-refractivity contribution is -0.116. The first-order chi connectivity index (χ1) is 11.0. The molecule has 0 bridgehead atoms. The van der Waals surface area contributed by atoms with Crippen LogP contribution in [-0.2, 0) is 9.59 Å². The zero-order chi connectivity index (χ0) is 16.7. The van der Waals surface area contributed by atoms with Crippen LogP contribution in [0.4, 0.5) is 5.69 Å². The molecule has 1 aromatic carbocycles. The van der Waals surface area contributed by atoms with E-state index in [9.17, 15) is 9.59 Å². The van der Waals surface area contributed by atoms with Crippen LogP contribution in [0.15, 0.2) is 47.2 Å². The molecule has 0 saturated carbocycles. The van der Waals surface area contributed by atoms with Crippen LogP contribution >= 0.6 is 11.3 Å². The highest BCUT2D eigenvalue weighted by Gasteiger charge is 2.06. The maximum atomic E-state index is 11.9. The molecule has 1 atom stereocenters. The van der Waals surface area contributed by atoms with E-state index >= 15 is 0 Å². The summed E-state index contributed by atoms with van der Waals surface area (Å²) in [5, 5.41) is 9.74. The molecule has 0 saturated heterocycles. The van der Waals surface area contributed by atoms with Gasteiger partial charge in [0.2, 0.25) is 11.8 Å². The average Bonchev–Trinajstić information content (AvgIpc) is 3.06. The maximum Gasteiger partial charge on any atom is 0.244 e. The van der Waals surface area contributed by atoms with E-state index in [0.29, 0.717) is 12.5 Å². The monoisotopic (exact) mass is 328 g/mol. The number of benzene rings is 1. The SMILES string of the molecule is CC(=O)Nc1ccc(/C=C\C(=O)NC[C@H](C)c2ccsc2)cc1. The fraction of sp³-hybridized carbons (Fsp3) is 0.222. The van der Waals surface area contributed by atoms with E-state index in [1.807, 2.05) is 17.5 Å². The van der Waals surface area contributed by atoms with Crippen molar-refractivity contribution in [3.63, 3.8) is 0 Å². The van der Waals surface area contributed by atoms with Gasteiger partial charge in [-0.3, -0.25) is 9.59 Å². The molecule has 2 rings (SSSR count). The first-order valence-corrected chi connectivity index (χ1v) is 8.34. The Labute approximate surface area is 140 Å². The summed E-state index contributed by atoms with van der Waals surface area (Å²) in [5.41, 5.74) is 2.89. The lowest BCUT2D eigenvalue weighted by Crippen LogP contribution is -2.25. The van der Waals surface area contributed by atoms with Gasteiger partial charge < -0.3 is 10.6 Å². The third-order valence-electron chi connectivity index (χ3n) is 3.35. The second-order valence-electron chi connectivity index (χ2n) is 5.34. The Kier molecular flexibility index (Phi) is 6.11. The lowest BCUT2D eigenvalue weighted by Gasteiger charge is -2.09. The number of carbonyl (C=O) groups excluding carboxylic acids is 2. The number of rotatable bonds is 6. The van der Waals surface area contributed by atoms with Crippen LogP contribution in [-0.4, -0.2) is 18.4 Å². The molecule has 5 heteroatoms. The molecule has 0 aliphatic heterocycles. The van der Waals surface area contributed by atoms with Crippen molar-refractivity contribution >= 4 is 34.9 Å². The molecule has 23 heavy (non-hydrogen) atoms. The van der Waals surface area contributed by atoms with Gasteiger partial charge in [-0.05, 0) is 52.1 Å². The van der Waals surface area contributed by atoms with Crippen molar-refractivity contribution in [3.8, 4) is 0 Å². The molecule has 0 fully saturated rings. The molecule has 0 aliphatic rings. The van der Waals surface area contributed by atoms with Gasteiger partial charge in [0.15, 0.2) is 0 Å². The molecule has 1 heterocycles. The molecule has 0 spiro atoms. The van der Waals surface area contributed by atoms with Crippen molar-refractivity contribution in [2.75, 3.05) is 11.9 Å². The van der Waals surface area contributed by atoms with E-state index < -0.39 is 0 Å². The summed E-state index contributed by atoms with van der Waals surface area (Å²) < 4.78 is 0. The Bertz CT molecular complexity index is 676. The molecule has 120 valence electrons. The van der Waals surface area contributed by atoms with Crippen LogP contribution in [0, 0.1) is 0 Å². The Morgan fingerprint density at radius 1 is 1.22 bits per heavy atom. The second kappa shape index (κ2) is 8.29. The van der Waals surface area contributed by atoms with Crippen LogP contribution in [0.1, 0.15) is 30.9 Å². The first-order valence-electron chi connectivity index (χ1n) is 7.40. The highest BCUT2D eigenvalue weighted by molar-refractivity contribution is 7.07. The van der Waals surface area contributed by atoms with Gasteiger partial charge >= 0.3 is 0 Å². The van der Waals surface area contributed by atoms with Gasteiger partial charge in [-0.15, -0.1) is 0 Å². The quantitative estimate of drug-likeness (QED) is 0.795. The fourth-order valence-corrected chi connectivity index (χ4v) is 2.82. The van der Waals surface area contributed by atoms with E-state index in [1.165, 1.54) is 18.6 Å². The van der Waals surface area contributed by atoms with Crippen molar-refractivity contribution in [1.29, 1.82) is 0 Å². The normalized spacial score (nSPS) is 12.1. The fourth-order valence-electron chi connectivity index (χ4n) is 2.04. The van der Waals surface area contributed by atoms with Gasteiger partial charge in [-0.2, -0.15) is 11.3 Å². The van der Waals surface area contributed by atoms with Crippen molar-refractivity contribution < 1.29 is 9.59 Å². The van der Waals surface area contributed by atoms with E-state index in [1.54, 1.807) is 29.5 Å². The molecule has 2 amide bonds. The van der Waals surface area contributed by atoms with Crippen LogP contribution in [0.5, 0.6) is 0 Å². The van der Waals surface area contributed by atoms with Crippen molar-refractivity contribution in [3.05, 3.63) is 58.3 Å². The summed E-state index contributed by atoms with van der Waals surface area (Å²) in [4.78, 5) is 22.8. The summed E-state index contributed by atoms with van der Waals surface area (Å²) >= 11 is 1.66. The van der Waals surface area contributed by atoms with Crippen LogP contribution in [0.3, 0.4) is 0 Å². The van der Waals surface area contributed by atoms with E-state index in [4.69, 9.17) is 0 Å². The van der Waals surface area contributed by atoms with Gasteiger partial charge in [0, 0.05) is 25.2 Å². The third-order valence-corrected chi connectivity index (χ3v) is 4.05. The molecule has 0 unspecified atom stereocenters. The minimum atomic E-state index is -0.113. The number of thiophene rings is 1. The number of hydrogen-bond acceptors (Lipinski definition) is 3. The highest BCUT2D eigenvalue weighted by Crippen LogP contribution is 2.17. The summed E-state index contributed by atoms with van der Waals surface area (Å²) in [6.45, 7) is 4.17. The molecular weight excluding hydrogens is 308 g/mol. The van der Waals surface area contributed by atoms with Crippen LogP contribution in [0.2, 0.25) is 0 Å². The van der Waals surface area contributed by atoms with Gasteiger partial charge in [-0.25, -0.2) is 0 Å². The molecular formula is C18H20N2O2S. The molecule has 2 aromatic rings. The first kappa shape index (κ1) is 17.0. The zero-order valence-corrected chi connectivity index (χ0v) is 14.0. The minimum absolute atomic E-state index is 0.104. The number of nitrogens with one attached hydrogen (secondary N) is 2. The smallest absolute Gasteiger partial charge is 0.244 e. The van der Waals surface area contributed by atoms with Gasteiger partial charge in [0.25, 0.3) is 0 Å². The molecule has 2 N–H and O–H groups in total. The summed E-state index contributed by atoms with van der Waals surface area (Å²) in [6, 6.07) is 9.38. The van der Waals surface area contributed by atoms with Crippen LogP contribution < -0.4 is 10.6 Å². The number of anilines is 1. The van der Waals surface area contributed by atoms with E-state index in [0.717, 1.165) is 11.3 Å². The maximum absolute atomic E-state index is 11.9. The Morgan fingerprint density at radius 2 is 1.96 bits per heavy atom. The predicted octanol–water partition coefficient (Wildman–Crippen LogP) is 3.64. The number of hydrogen-bond donors (Lipinski definition) is 2. The average molecular weight is 328 g/mol. The second-order valence-corrected chi connectivity index (χ2v) is 6.12. The van der Waals surface area contributed by atoms with Gasteiger partial charge in [0.1, 0.15) is 0 Å². The standard InChI is InChI=1S/C18H20N2O2S/c1-13(16-9-10-23-12-16)11-19-18(22)8-5-15-3-6-17(7-4-15)20-14(2)21/h3-10,12-13H,11H2,1-2H3,(H,19,22)(H,20,21)/b8-5-/t13-/m0/s1. The van der Waals surface area contributed by atoms with E-state index in [2.05, 4.69) is 29.0 Å². The minimum Gasteiger partial charge on any atom is -0.352 e. The molecule has 1 aromatic heterocycles. The van der Waals surface area contributed by atoms with Crippen molar-refractivity contribution in [2.24, 2.45) is 0 Å². The van der Waals surface area contributed by atoms with E-state index in [-0.39, 0.29) is 11.8 Å². The topological polar surface area (TPSA) is 58.2 Å². The lowest BCUT2D eigenvalue weighted by atomic mass is 10.1. The summed E-state index contributed by atoms with van der Waals surface area (Å²) in [7, 11) is 0. The predicted molar refractivity (Wildman–Crippen MR) is 95.5 cm³/mol. The van der Waals surface area contributed by atoms with Crippen molar-refractivity contribution in [1.82, 2.24) is 5.32 Å². The zero-order valence-electron chi connectivity index (χ0n) is 13.2. The highest BCUT2D eigenvalue weighted by atomic mass is 32.1. The Balaban J connectivity index is 1.82. The van der Waals surface area contributed by atoms with Crippen LogP contribution in [0.25, 0.3) is 6.08 Å². The number of carbonyl (C=O) groups is 2. The third kappa shape index (κ3) is 5.71.